The summed E-state index contributed by atoms with van der Waals surface area (Å²) in [5.74, 6) is 7.36. The second-order valence-corrected chi connectivity index (χ2v) is 4.61. The summed E-state index contributed by atoms with van der Waals surface area (Å²) in [6, 6.07) is 14.7. The molecule has 0 fully saturated rings. The Morgan fingerprint density at radius 3 is 2.26 bits per heavy atom. The van der Waals surface area contributed by atoms with Gasteiger partial charge in [0.25, 0.3) is 0 Å². The van der Waals surface area contributed by atoms with Crippen molar-refractivity contribution >= 4 is 5.84 Å². The molecule has 1 heterocycles. The fraction of sp³-hybridized carbons (Fsp3) is 0. The SMILES string of the molecule is NN/N=C(\N)c1ccc(Oc2ccc(-c3ncco3)cc2)cc1. The van der Waals surface area contributed by atoms with Crippen LogP contribution in [0.5, 0.6) is 11.5 Å². The molecule has 1 aromatic heterocycles. The number of nitrogens with two attached hydrogens (primary N) is 2. The molecule has 7 heteroatoms. The van der Waals surface area contributed by atoms with E-state index in [1.54, 1.807) is 30.5 Å². The van der Waals surface area contributed by atoms with Crippen LogP contribution < -0.4 is 21.8 Å². The van der Waals surface area contributed by atoms with Crippen LogP contribution in [0.2, 0.25) is 0 Å². The second kappa shape index (κ2) is 6.63. The summed E-state index contributed by atoms with van der Waals surface area (Å²) in [4.78, 5) is 4.10. The maximum Gasteiger partial charge on any atom is 0.225 e. The van der Waals surface area contributed by atoms with E-state index in [2.05, 4.69) is 15.6 Å². The number of oxazole rings is 1. The first-order chi connectivity index (χ1) is 11.3. The Bertz CT molecular complexity index is 780. The Hall–Kier alpha value is -3.32. The average Bonchev–Trinajstić information content (AvgIpc) is 3.11. The van der Waals surface area contributed by atoms with Crippen molar-refractivity contribution < 1.29 is 9.15 Å². The molecule has 23 heavy (non-hydrogen) atoms. The van der Waals surface area contributed by atoms with Crippen molar-refractivity contribution in [1.29, 1.82) is 0 Å². The molecule has 2 aromatic carbocycles. The number of rotatable bonds is 5. The number of benzene rings is 2. The fourth-order valence-electron chi connectivity index (χ4n) is 2.00. The van der Waals surface area contributed by atoms with Gasteiger partial charge in [0.15, 0.2) is 5.84 Å². The van der Waals surface area contributed by atoms with Gasteiger partial charge in [-0.2, -0.15) is 0 Å². The summed E-state index contributed by atoms with van der Waals surface area (Å²) in [5.41, 5.74) is 9.51. The van der Waals surface area contributed by atoms with Crippen LogP contribution in [0.15, 0.2) is 70.5 Å². The van der Waals surface area contributed by atoms with E-state index in [-0.39, 0.29) is 0 Å². The van der Waals surface area contributed by atoms with Crippen LogP contribution in [-0.2, 0) is 0 Å². The van der Waals surface area contributed by atoms with Gasteiger partial charge in [-0.15, -0.1) is 5.10 Å². The Morgan fingerprint density at radius 1 is 1.04 bits per heavy atom. The fourth-order valence-corrected chi connectivity index (χ4v) is 2.00. The number of nitrogens with one attached hydrogen (secondary N) is 1. The maximum atomic E-state index is 5.77. The summed E-state index contributed by atoms with van der Waals surface area (Å²) in [7, 11) is 0. The quantitative estimate of drug-likeness (QED) is 0.288. The van der Waals surface area contributed by atoms with Crippen LogP contribution >= 0.6 is 0 Å². The van der Waals surface area contributed by atoms with E-state index in [0.717, 1.165) is 11.1 Å². The highest BCUT2D eigenvalue weighted by atomic mass is 16.5. The van der Waals surface area contributed by atoms with Crippen LogP contribution in [0.1, 0.15) is 5.56 Å². The number of hydrogen-bond acceptors (Lipinski definition) is 6. The van der Waals surface area contributed by atoms with Gasteiger partial charge < -0.3 is 14.9 Å². The van der Waals surface area contributed by atoms with Crippen LogP contribution in [0.3, 0.4) is 0 Å². The molecule has 3 rings (SSSR count). The number of nitrogens with zero attached hydrogens (tertiary/aromatic N) is 2. The Balaban J connectivity index is 1.71. The van der Waals surface area contributed by atoms with Crippen molar-refractivity contribution in [2.24, 2.45) is 16.7 Å². The molecule has 0 unspecified atom stereocenters. The number of hydrazone groups is 1. The molecule has 0 aliphatic rings. The number of hydrazine groups is 1. The zero-order chi connectivity index (χ0) is 16.1. The lowest BCUT2D eigenvalue weighted by Gasteiger charge is -2.07. The minimum Gasteiger partial charge on any atom is -0.457 e. The highest BCUT2D eigenvalue weighted by Gasteiger charge is 2.04. The van der Waals surface area contributed by atoms with Crippen molar-refractivity contribution in [3.05, 3.63) is 66.6 Å². The number of aromatic nitrogens is 1. The van der Waals surface area contributed by atoms with Crippen molar-refractivity contribution in [2.45, 2.75) is 0 Å². The van der Waals surface area contributed by atoms with Gasteiger partial charge in [0.05, 0.1) is 6.20 Å². The van der Waals surface area contributed by atoms with E-state index in [9.17, 15) is 0 Å². The summed E-state index contributed by atoms with van der Waals surface area (Å²) < 4.78 is 11.0. The molecule has 116 valence electrons. The predicted molar refractivity (Wildman–Crippen MR) is 86.5 cm³/mol. The normalized spacial score (nSPS) is 11.3. The van der Waals surface area contributed by atoms with Crippen molar-refractivity contribution in [3.63, 3.8) is 0 Å². The Morgan fingerprint density at radius 2 is 1.70 bits per heavy atom. The van der Waals surface area contributed by atoms with Gasteiger partial charge in [-0.05, 0) is 48.5 Å². The maximum absolute atomic E-state index is 5.77. The lowest BCUT2D eigenvalue weighted by atomic mass is 10.2. The second-order valence-electron chi connectivity index (χ2n) is 4.61. The lowest BCUT2D eigenvalue weighted by Crippen LogP contribution is -2.22. The van der Waals surface area contributed by atoms with Crippen LogP contribution in [0, 0.1) is 0 Å². The summed E-state index contributed by atoms with van der Waals surface area (Å²) in [6.07, 6.45) is 3.15. The van der Waals surface area contributed by atoms with E-state index in [1.165, 1.54) is 6.26 Å². The molecule has 0 aliphatic heterocycles. The third kappa shape index (κ3) is 3.47. The van der Waals surface area contributed by atoms with Gasteiger partial charge in [0.1, 0.15) is 17.8 Å². The highest BCUT2D eigenvalue weighted by molar-refractivity contribution is 5.97. The molecular weight excluding hydrogens is 294 g/mol. The first-order valence-corrected chi connectivity index (χ1v) is 6.83. The highest BCUT2D eigenvalue weighted by Crippen LogP contribution is 2.25. The Labute approximate surface area is 132 Å². The molecule has 3 aromatic rings. The third-order valence-corrected chi connectivity index (χ3v) is 3.10. The van der Waals surface area contributed by atoms with Crippen LogP contribution in [0.4, 0.5) is 0 Å². The van der Waals surface area contributed by atoms with E-state index in [4.69, 9.17) is 20.7 Å². The average molecular weight is 309 g/mol. The zero-order valence-electron chi connectivity index (χ0n) is 12.1. The molecule has 0 bridgehead atoms. The molecule has 7 nitrogen and oxygen atoms in total. The first kappa shape index (κ1) is 14.6. The predicted octanol–water partition coefficient (Wildman–Crippen LogP) is 2.22. The molecule has 5 N–H and O–H groups in total. The van der Waals surface area contributed by atoms with Gasteiger partial charge in [0, 0.05) is 11.1 Å². The lowest BCUT2D eigenvalue weighted by molar-refractivity contribution is 0.482. The molecule has 0 atom stereocenters. The summed E-state index contributed by atoms with van der Waals surface area (Å²) in [6.45, 7) is 0. The largest absolute Gasteiger partial charge is 0.457 e. The minimum atomic E-state index is 0.300. The van der Waals surface area contributed by atoms with Gasteiger partial charge in [-0.3, -0.25) is 0 Å². The van der Waals surface area contributed by atoms with Crippen molar-refractivity contribution in [1.82, 2.24) is 10.5 Å². The van der Waals surface area contributed by atoms with E-state index >= 15 is 0 Å². The molecule has 0 saturated heterocycles. The molecule has 0 saturated carbocycles. The van der Waals surface area contributed by atoms with E-state index in [1.807, 2.05) is 24.3 Å². The van der Waals surface area contributed by atoms with Crippen LogP contribution in [0.25, 0.3) is 11.5 Å². The minimum absolute atomic E-state index is 0.300. The molecule has 0 spiro atoms. The van der Waals surface area contributed by atoms with Gasteiger partial charge in [-0.25, -0.2) is 16.4 Å². The standard InChI is InChI=1S/C16H15N5O2/c17-15(20-21-18)11-1-5-13(6-2-11)23-14-7-3-12(4-8-14)16-19-9-10-22-16/h1-10,21H,18H2,(H2,17,20). The first-order valence-electron chi connectivity index (χ1n) is 6.83. The topological polar surface area (TPSA) is 112 Å². The van der Waals surface area contributed by atoms with Crippen LogP contribution in [-0.4, -0.2) is 10.8 Å². The molecule has 0 aliphatic carbocycles. The van der Waals surface area contributed by atoms with Crippen molar-refractivity contribution in [2.75, 3.05) is 0 Å². The smallest absolute Gasteiger partial charge is 0.225 e. The summed E-state index contributed by atoms with van der Waals surface area (Å²) >= 11 is 0. The van der Waals surface area contributed by atoms with E-state index < -0.39 is 0 Å². The van der Waals surface area contributed by atoms with Gasteiger partial charge in [0.2, 0.25) is 5.89 Å². The van der Waals surface area contributed by atoms with Gasteiger partial charge >= 0.3 is 0 Å². The number of amidine groups is 1. The summed E-state index contributed by atoms with van der Waals surface area (Å²) in [5, 5.41) is 3.71. The van der Waals surface area contributed by atoms with Gasteiger partial charge in [-0.1, -0.05) is 0 Å². The molecule has 0 radical (unpaired) electrons. The monoisotopic (exact) mass is 309 g/mol. The zero-order valence-corrected chi connectivity index (χ0v) is 12.1. The number of ether oxygens (including phenoxy) is 1. The van der Waals surface area contributed by atoms with Crippen molar-refractivity contribution in [3.8, 4) is 23.0 Å². The number of hydrogen-bond donors (Lipinski definition) is 3. The molecular formula is C16H15N5O2. The third-order valence-electron chi connectivity index (χ3n) is 3.10. The Kier molecular flexibility index (Phi) is 4.21. The van der Waals surface area contributed by atoms with E-state index in [0.29, 0.717) is 23.2 Å². The molecule has 0 amide bonds.